The van der Waals surface area contributed by atoms with Crippen molar-refractivity contribution in [1.82, 2.24) is 0 Å². The molecule has 1 nitrogen and oxygen atoms in total. The fourth-order valence-corrected chi connectivity index (χ4v) is 1.15. The van der Waals surface area contributed by atoms with E-state index in [0.717, 1.165) is 13.2 Å². The van der Waals surface area contributed by atoms with Gasteiger partial charge in [-0.2, -0.15) is 20.8 Å². The van der Waals surface area contributed by atoms with E-state index in [-0.39, 0.29) is 25.8 Å². The summed E-state index contributed by atoms with van der Waals surface area (Å²) in [5.41, 5.74) is 0. The molecule has 3 fully saturated rings. The van der Waals surface area contributed by atoms with Crippen LogP contribution in [0.25, 0.3) is 0 Å². The molecule has 3 aliphatic rings. The van der Waals surface area contributed by atoms with Gasteiger partial charge in [-0.05, 0) is 77.0 Å². The minimum absolute atomic E-state index is 0. The van der Waals surface area contributed by atoms with Crippen LogP contribution >= 0.6 is 0 Å². The third kappa shape index (κ3) is 23.9. The van der Waals surface area contributed by atoms with Crippen molar-refractivity contribution in [3.8, 4) is 0 Å². The minimum Gasteiger partial charge on any atom is -0.381 e. The van der Waals surface area contributed by atoms with Crippen LogP contribution in [-0.2, 0) is 30.6 Å². The molecule has 0 spiro atoms. The molecular weight excluding hydrogens is 277 g/mol. The average molecular weight is 304 g/mol. The topological polar surface area (TPSA) is 9.23 Å². The number of hydrogen-bond donors (Lipinski definition) is 0. The van der Waals surface area contributed by atoms with Crippen molar-refractivity contribution in [3.63, 3.8) is 0 Å². The Bertz CT molecular complexity index is 98.1. The summed E-state index contributed by atoms with van der Waals surface area (Å²) in [5, 5.41) is 0. The second-order valence-corrected chi connectivity index (χ2v) is 4.74. The van der Waals surface area contributed by atoms with Crippen LogP contribution in [0.4, 0.5) is 0 Å². The third-order valence-corrected chi connectivity index (χ3v) is 1.94. The summed E-state index contributed by atoms with van der Waals surface area (Å²) in [6.45, 7) is 8.25. The standard InChI is InChI=1S/2C5H5.C4H8O.C4H9.Sc/c3*1-2-4-5-3-1;1-4(2)3;/h2*1-5H;1-4H2;1-3H3;/q;;;-1;. The van der Waals surface area contributed by atoms with E-state index in [9.17, 15) is 0 Å². The fourth-order valence-electron chi connectivity index (χ4n) is 1.15. The SMILES string of the molecule is C1CCOC1.C[C-](C)C.[CH]1[CH][CH][CH][CH]1.[CH]1[CH][CH][CH][CH]1.[Sc]. The van der Waals surface area contributed by atoms with Gasteiger partial charge < -0.3 is 10.7 Å². The van der Waals surface area contributed by atoms with Gasteiger partial charge in [0.15, 0.2) is 0 Å². The molecule has 1 saturated heterocycles. The van der Waals surface area contributed by atoms with Crippen LogP contribution in [0.1, 0.15) is 33.6 Å². The monoisotopic (exact) mass is 304 g/mol. The van der Waals surface area contributed by atoms with Gasteiger partial charge in [0.05, 0.1) is 0 Å². The van der Waals surface area contributed by atoms with Crippen molar-refractivity contribution in [1.29, 1.82) is 0 Å². The quantitative estimate of drug-likeness (QED) is 0.600. The first-order chi connectivity index (χ1) is 9.23. The van der Waals surface area contributed by atoms with Gasteiger partial charge in [-0.15, -0.1) is 0 Å². The number of ether oxygens (including phenoxy) is 1. The first-order valence-electron chi connectivity index (χ1n) is 6.91. The molecule has 0 unspecified atom stereocenters. The Hall–Kier alpha value is 0.830. The van der Waals surface area contributed by atoms with Gasteiger partial charge >= 0.3 is 0 Å². The summed E-state index contributed by atoms with van der Waals surface area (Å²) >= 11 is 0. The molecule has 1 aliphatic heterocycles. The molecule has 2 aliphatic carbocycles. The summed E-state index contributed by atoms with van der Waals surface area (Å²) in [5.74, 6) is 1.42. The third-order valence-electron chi connectivity index (χ3n) is 1.94. The molecule has 0 aromatic heterocycles. The van der Waals surface area contributed by atoms with E-state index in [0.29, 0.717) is 0 Å². The van der Waals surface area contributed by atoms with E-state index in [1.54, 1.807) is 0 Å². The van der Waals surface area contributed by atoms with E-state index in [1.165, 1.54) is 18.8 Å². The van der Waals surface area contributed by atoms with Crippen molar-refractivity contribution < 1.29 is 30.6 Å². The Kier molecular flexibility index (Phi) is 22.9. The Labute approximate surface area is 147 Å². The normalized spacial score (nSPS) is 19.8. The van der Waals surface area contributed by atoms with Crippen LogP contribution in [0.3, 0.4) is 0 Å². The molecule has 109 valence electrons. The summed E-state index contributed by atoms with van der Waals surface area (Å²) in [4.78, 5) is 0. The summed E-state index contributed by atoms with van der Waals surface area (Å²) < 4.78 is 4.94. The Morgan fingerprint density at radius 1 is 0.600 bits per heavy atom. The Morgan fingerprint density at radius 3 is 0.900 bits per heavy atom. The molecule has 2 heteroatoms. The van der Waals surface area contributed by atoms with Crippen molar-refractivity contribution in [2.24, 2.45) is 0 Å². The largest absolute Gasteiger partial charge is 0.381 e. The zero-order valence-corrected chi connectivity index (χ0v) is 14.9. The first kappa shape index (κ1) is 23.1. The minimum atomic E-state index is 0. The van der Waals surface area contributed by atoms with Gasteiger partial charge in [-0.3, -0.25) is 0 Å². The second-order valence-electron chi connectivity index (χ2n) is 4.74. The molecule has 1 heterocycles. The predicted octanol–water partition coefficient (Wildman–Crippen LogP) is 4.46. The second kappa shape index (κ2) is 19.8. The Morgan fingerprint density at radius 2 is 0.800 bits per heavy atom. The predicted molar refractivity (Wildman–Crippen MR) is 83.3 cm³/mol. The van der Waals surface area contributed by atoms with Crippen LogP contribution in [-0.4, -0.2) is 13.2 Å². The summed E-state index contributed by atoms with van der Waals surface area (Å²) in [6, 6.07) is 0. The van der Waals surface area contributed by atoms with Gasteiger partial charge in [0.25, 0.3) is 0 Å². The zero-order chi connectivity index (χ0) is 14.2. The van der Waals surface area contributed by atoms with Crippen LogP contribution in [0, 0.1) is 70.1 Å². The molecule has 2 saturated carbocycles. The van der Waals surface area contributed by atoms with E-state index in [1.807, 2.05) is 64.2 Å². The van der Waals surface area contributed by atoms with Crippen LogP contribution in [0.5, 0.6) is 0 Å². The van der Waals surface area contributed by atoms with Crippen LogP contribution < -0.4 is 0 Å². The Balaban J connectivity index is 0. The van der Waals surface area contributed by atoms with E-state index in [4.69, 9.17) is 4.74 Å². The molecule has 3 rings (SSSR count). The van der Waals surface area contributed by atoms with Crippen molar-refractivity contribution in [2.45, 2.75) is 33.6 Å². The molecule has 0 aromatic carbocycles. The summed E-state index contributed by atoms with van der Waals surface area (Å²) in [7, 11) is 0. The maximum absolute atomic E-state index is 4.94. The first-order valence-corrected chi connectivity index (χ1v) is 6.91. The van der Waals surface area contributed by atoms with E-state index >= 15 is 0 Å². The van der Waals surface area contributed by atoms with Gasteiger partial charge in [0.1, 0.15) is 0 Å². The van der Waals surface area contributed by atoms with Gasteiger partial charge in [-0.1, -0.05) is 0 Å². The smallest absolute Gasteiger partial charge is 0.0466 e. The maximum atomic E-state index is 4.94. The number of rotatable bonds is 0. The molecule has 0 atom stereocenters. The van der Waals surface area contributed by atoms with Crippen LogP contribution in [0.15, 0.2) is 0 Å². The molecule has 0 aromatic rings. The summed E-state index contributed by atoms with van der Waals surface area (Å²) in [6.07, 6.45) is 22.6. The van der Waals surface area contributed by atoms with E-state index in [2.05, 4.69) is 20.8 Å². The maximum Gasteiger partial charge on any atom is 0.0466 e. The molecular formula is C18H27OSc-. The van der Waals surface area contributed by atoms with Crippen molar-refractivity contribution in [2.75, 3.05) is 13.2 Å². The molecule has 0 amide bonds. The van der Waals surface area contributed by atoms with Crippen molar-refractivity contribution >= 4 is 0 Å². The van der Waals surface area contributed by atoms with E-state index < -0.39 is 0 Å². The van der Waals surface area contributed by atoms with Crippen LogP contribution in [0.2, 0.25) is 0 Å². The zero-order valence-electron chi connectivity index (χ0n) is 13.1. The van der Waals surface area contributed by atoms with Gasteiger partial charge in [0.2, 0.25) is 0 Å². The molecule has 0 N–H and O–H groups in total. The number of hydrogen-bond acceptors (Lipinski definition) is 1. The van der Waals surface area contributed by atoms with Gasteiger partial charge in [-0.25, -0.2) is 0 Å². The molecule has 20 heavy (non-hydrogen) atoms. The fraction of sp³-hybridized carbons (Fsp3) is 0.389. The average Bonchev–Trinajstić information content (AvgIpc) is 3.18. The van der Waals surface area contributed by atoms with Crippen molar-refractivity contribution in [3.05, 3.63) is 70.1 Å². The molecule has 0 bridgehead atoms. The molecule has 11 radical (unpaired) electrons. The van der Waals surface area contributed by atoms with Gasteiger partial charge in [0, 0.05) is 39.1 Å².